The van der Waals surface area contributed by atoms with E-state index in [9.17, 15) is 0 Å². The Balaban J connectivity index is 5.06. The van der Waals surface area contributed by atoms with Crippen molar-refractivity contribution in [3.63, 3.8) is 0 Å². The van der Waals surface area contributed by atoms with E-state index < -0.39 is 0 Å². The topological polar surface area (TPSA) is 27.7 Å². The minimum atomic E-state index is 0.271. The predicted octanol–water partition coefficient (Wildman–Crippen LogP) is 7.45. The molecule has 0 aliphatic rings. The van der Waals surface area contributed by atoms with Crippen molar-refractivity contribution >= 4 is 0 Å². The summed E-state index contributed by atoms with van der Waals surface area (Å²) in [7, 11) is 3.30. The largest absolute Gasteiger partial charge is 0.497 e. The average Bonchev–Trinajstić information content (AvgIpc) is 2.75. The molecule has 0 radical (unpaired) electrons. The van der Waals surface area contributed by atoms with Crippen molar-refractivity contribution in [2.45, 2.75) is 60.0 Å². The minimum absolute atomic E-state index is 0.271. The third kappa shape index (κ3) is 12.6. The Morgan fingerprint density at radius 3 is 2.10 bits per heavy atom. The highest BCUT2D eigenvalue weighted by Gasteiger charge is 2.16. The Labute approximate surface area is 192 Å². The fourth-order valence-corrected chi connectivity index (χ4v) is 2.90. The van der Waals surface area contributed by atoms with Gasteiger partial charge in [-0.1, -0.05) is 71.7 Å². The molecule has 0 amide bonds. The van der Waals surface area contributed by atoms with Gasteiger partial charge < -0.3 is 14.2 Å². The van der Waals surface area contributed by atoms with Gasteiger partial charge in [0.2, 0.25) is 0 Å². The van der Waals surface area contributed by atoms with E-state index in [2.05, 4.69) is 67.0 Å². The van der Waals surface area contributed by atoms with Gasteiger partial charge in [-0.3, -0.25) is 0 Å². The normalized spacial score (nSPS) is 15.0. The lowest BCUT2D eigenvalue weighted by atomic mass is 9.88. The average molecular weight is 431 g/mol. The summed E-state index contributed by atoms with van der Waals surface area (Å²) in [5.74, 6) is 2.03. The highest BCUT2D eigenvalue weighted by atomic mass is 16.5. The maximum atomic E-state index is 5.98. The molecule has 3 nitrogen and oxygen atoms in total. The van der Waals surface area contributed by atoms with Crippen LogP contribution in [0.15, 0.2) is 72.6 Å². The summed E-state index contributed by atoms with van der Waals surface area (Å²) in [5, 5.41) is 0. The molecular formula is C28H46O3. The van der Waals surface area contributed by atoms with Gasteiger partial charge in [-0.15, -0.1) is 0 Å². The Kier molecular flexibility index (Phi) is 14.9. The SMILES string of the molecule is C=C(/C=C\C(=C)C(=C)/C(=C\C(=C)C(C)CCC(C)C(C)OCC(C)C)CCOC)OC. The Morgan fingerprint density at radius 2 is 1.55 bits per heavy atom. The van der Waals surface area contributed by atoms with Crippen LogP contribution < -0.4 is 0 Å². The molecule has 31 heavy (non-hydrogen) atoms. The first kappa shape index (κ1) is 29.2. The summed E-state index contributed by atoms with van der Waals surface area (Å²) < 4.78 is 16.4. The molecule has 3 heteroatoms. The number of hydrogen-bond acceptors (Lipinski definition) is 3. The Bertz CT molecular complexity index is 651. The number of ether oxygens (including phenoxy) is 3. The van der Waals surface area contributed by atoms with E-state index >= 15 is 0 Å². The van der Waals surface area contributed by atoms with E-state index in [1.807, 2.05) is 6.08 Å². The van der Waals surface area contributed by atoms with Gasteiger partial charge in [0.1, 0.15) is 5.76 Å². The van der Waals surface area contributed by atoms with Crippen molar-refractivity contribution in [3.05, 3.63) is 72.6 Å². The quantitative estimate of drug-likeness (QED) is 0.177. The second-order valence-corrected chi connectivity index (χ2v) is 8.88. The van der Waals surface area contributed by atoms with E-state index in [4.69, 9.17) is 14.2 Å². The van der Waals surface area contributed by atoms with Crippen molar-refractivity contribution < 1.29 is 14.2 Å². The van der Waals surface area contributed by atoms with Gasteiger partial charge in [-0.2, -0.15) is 0 Å². The number of methoxy groups -OCH3 is 2. The molecule has 0 aromatic rings. The summed E-state index contributed by atoms with van der Waals surface area (Å²) in [6.07, 6.45) is 9.03. The lowest BCUT2D eigenvalue weighted by Gasteiger charge is -2.23. The second-order valence-electron chi connectivity index (χ2n) is 8.88. The molecule has 3 atom stereocenters. The summed E-state index contributed by atoms with van der Waals surface area (Å²) in [6, 6.07) is 0. The van der Waals surface area contributed by atoms with E-state index in [0.717, 1.165) is 48.2 Å². The Morgan fingerprint density at radius 1 is 0.903 bits per heavy atom. The van der Waals surface area contributed by atoms with Gasteiger partial charge in [0.05, 0.1) is 19.8 Å². The van der Waals surface area contributed by atoms with E-state index in [-0.39, 0.29) is 6.10 Å². The molecule has 0 bridgehead atoms. The minimum Gasteiger partial charge on any atom is -0.497 e. The van der Waals surface area contributed by atoms with Gasteiger partial charge in [0.25, 0.3) is 0 Å². The standard InChI is InChI=1S/C28H46O3/c1-20(2)19-31-27(9)23(5)13-12-21(3)24(6)18-28(16-17-29-10)26(8)22(4)14-15-25(7)30-11/h14-15,18,20-21,23,27H,4,6-8,12-13,16-17,19H2,1-3,5,9-11H3/b15-14-,28-18-. The van der Waals surface area contributed by atoms with Crippen LogP contribution in [0.1, 0.15) is 53.9 Å². The summed E-state index contributed by atoms with van der Waals surface area (Å²) in [4.78, 5) is 0. The molecule has 0 N–H and O–H groups in total. The van der Waals surface area contributed by atoms with Gasteiger partial charge in [-0.25, -0.2) is 0 Å². The van der Waals surface area contributed by atoms with Crippen LogP contribution in [0.4, 0.5) is 0 Å². The van der Waals surface area contributed by atoms with Crippen LogP contribution in [0.5, 0.6) is 0 Å². The van der Waals surface area contributed by atoms with Crippen molar-refractivity contribution in [3.8, 4) is 0 Å². The Hall–Kier alpha value is -1.84. The van der Waals surface area contributed by atoms with Gasteiger partial charge in [-0.05, 0) is 66.7 Å². The van der Waals surface area contributed by atoms with Gasteiger partial charge >= 0.3 is 0 Å². The maximum absolute atomic E-state index is 5.98. The molecule has 0 heterocycles. The van der Waals surface area contributed by atoms with Gasteiger partial charge in [0.15, 0.2) is 0 Å². The van der Waals surface area contributed by atoms with Crippen LogP contribution in [0.25, 0.3) is 0 Å². The van der Waals surface area contributed by atoms with Crippen molar-refractivity contribution in [2.75, 3.05) is 27.4 Å². The number of rotatable bonds is 17. The van der Waals surface area contributed by atoms with Crippen molar-refractivity contribution in [1.29, 1.82) is 0 Å². The molecule has 3 unspecified atom stereocenters. The van der Waals surface area contributed by atoms with Gasteiger partial charge in [0, 0.05) is 13.7 Å². The first-order valence-electron chi connectivity index (χ1n) is 11.3. The zero-order valence-electron chi connectivity index (χ0n) is 21.1. The monoisotopic (exact) mass is 430 g/mol. The van der Waals surface area contributed by atoms with E-state index in [0.29, 0.717) is 30.1 Å². The lowest BCUT2D eigenvalue weighted by molar-refractivity contribution is 0.0119. The highest BCUT2D eigenvalue weighted by molar-refractivity contribution is 5.51. The second kappa shape index (κ2) is 15.9. The summed E-state index contributed by atoms with van der Waals surface area (Å²) >= 11 is 0. The smallest absolute Gasteiger partial charge is 0.111 e. The molecular weight excluding hydrogens is 384 g/mol. The molecule has 0 aliphatic carbocycles. The first-order valence-corrected chi connectivity index (χ1v) is 11.3. The van der Waals surface area contributed by atoms with Crippen LogP contribution in [0, 0.1) is 17.8 Å². The van der Waals surface area contributed by atoms with Crippen molar-refractivity contribution in [2.24, 2.45) is 17.8 Å². The highest BCUT2D eigenvalue weighted by Crippen LogP contribution is 2.27. The molecule has 0 aliphatic heterocycles. The zero-order chi connectivity index (χ0) is 24.0. The van der Waals surface area contributed by atoms with Crippen molar-refractivity contribution in [1.82, 2.24) is 0 Å². The molecule has 0 rings (SSSR count). The van der Waals surface area contributed by atoms with E-state index in [1.165, 1.54) is 0 Å². The third-order valence-corrected chi connectivity index (χ3v) is 5.62. The van der Waals surface area contributed by atoms with Crippen LogP contribution in [0.2, 0.25) is 0 Å². The molecule has 0 fully saturated rings. The molecule has 0 saturated heterocycles. The van der Waals surface area contributed by atoms with Crippen LogP contribution in [0.3, 0.4) is 0 Å². The molecule has 0 aromatic carbocycles. The number of hydrogen-bond donors (Lipinski definition) is 0. The van der Waals surface area contributed by atoms with Crippen LogP contribution in [-0.4, -0.2) is 33.5 Å². The van der Waals surface area contributed by atoms with Crippen LogP contribution in [-0.2, 0) is 14.2 Å². The third-order valence-electron chi connectivity index (χ3n) is 5.62. The first-order chi connectivity index (χ1) is 14.5. The molecule has 0 saturated carbocycles. The molecule has 176 valence electrons. The maximum Gasteiger partial charge on any atom is 0.111 e. The fourth-order valence-electron chi connectivity index (χ4n) is 2.90. The lowest BCUT2D eigenvalue weighted by Crippen LogP contribution is -2.21. The fraction of sp³-hybridized carbons (Fsp3) is 0.571. The predicted molar refractivity (Wildman–Crippen MR) is 135 cm³/mol. The van der Waals surface area contributed by atoms with E-state index in [1.54, 1.807) is 20.3 Å². The summed E-state index contributed by atoms with van der Waals surface area (Å²) in [5.41, 5.74) is 3.91. The molecule has 0 aromatic heterocycles. The van der Waals surface area contributed by atoms with Crippen LogP contribution >= 0.6 is 0 Å². The number of allylic oxidation sites excluding steroid dienone is 6. The molecule has 0 spiro atoms. The zero-order valence-corrected chi connectivity index (χ0v) is 21.1. The summed E-state index contributed by atoms with van der Waals surface area (Å²) in [6.45, 7) is 29.0.